The molecule has 118 valence electrons. The Morgan fingerprint density at radius 3 is 2.95 bits per heavy atom. The first-order chi connectivity index (χ1) is 10.8. The van der Waals surface area contributed by atoms with E-state index >= 15 is 0 Å². The molecule has 1 saturated heterocycles. The van der Waals surface area contributed by atoms with Gasteiger partial charge in [0.2, 0.25) is 0 Å². The van der Waals surface area contributed by atoms with Crippen molar-refractivity contribution >= 4 is 5.91 Å². The first-order valence-electron chi connectivity index (χ1n) is 8.28. The molecule has 1 aromatic heterocycles. The Balaban J connectivity index is 1.69. The van der Waals surface area contributed by atoms with Gasteiger partial charge in [0, 0.05) is 19.3 Å². The highest BCUT2D eigenvalue weighted by Gasteiger charge is 2.29. The molecule has 1 aliphatic carbocycles. The molecule has 1 fully saturated rings. The summed E-state index contributed by atoms with van der Waals surface area (Å²) in [7, 11) is 0. The van der Waals surface area contributed by atoms with Gasteiger partial charge in [-0.25, -0.2) is 0 Å². The third-order valence-corrected chi connectivity index (χ3v) is 4.45. The number of amides is 1. The van der Waals surface area contributed by atoms with E-state index in [1.165, 1.54) is 0 Å². The molecular formula is C18H24N2O2. The summed E-state index contributed by atoms with van der Waals surface area (Å²) in [5, 5.41) is 0. The highest BCUT2D eigenvalue weighted by Crippen LogP contribution is 2.22. The molecule has 0 aromatic carbocycles. The van der Waals surface area contributed by atoms with Gasteiger partial charge in [0.1, 0.15) is 6.10 Å². The van der Waals surface area contributed by atoms with Crippen molar-refractivity contribution in [3.63, 3.8) is 0 Å². The zero-order chi connectivity index (χ0) is 15.2. The van der Waals surface area contributed by atoms with Crippen LogP contribution in [0.1, 0.15) is 37.8 Å². The van der Waals surface area contributed by atoms with Gasteiger partial charge in [0.05, 0.1) is 12.2 Å². The predicted octanol–water partition coefficient (Wildman–Crippen LogP) is 2.95. The number of aromatic nitrogens is 1. The number of rotatable bonds is 5. The van der Waals surface area contributed by atoms with E-state index in [0.29, 0.717) is 19.1 Å². The predicted molar refractivity (Wildman–Crippen MR) is 85.1 cm³/mol. The maximum Gasteiger partial charge on any atom is 0.252 e. The van der Waals surface area contributed by atoms with Gasteiger partial charge in [-0.2, -0.15) is 0 Å². The first-order valence-corrected chi connectivity index (χ1v) is 8.28. The zero-order valence-electron chi connectivity index (χ0n) is 13.0. The van der Waals surface area contributed by atoms with Crippen LogP contribution in [0.4, 0.5) is 0 Å². The summed E-state index contributed by atoms with van der Waals surface area (Å²) >= 11 is 0. The number of carbonyl (C=O) groups is 1. The van der Waals surface area contributed by atoms with Crippen LogP contribution in [-0.4, -0.2) is 35.0 Å². The van der Waals surface area contributed by atoms with Crippen molar-refractivity contribution in [3.8, 4) is 0 Å². The smallest absolute Gasteiger partial charge is 0.252 e. The number of nitrogens with zero attached hydrogens (tertiary/aromatic N) is 2. The Kier molecular flexibility index (Phi) is 5.22. The molecule has 1 amide bonds. The molecule has 2 atom stereocenters. The molecule has 0 N–H and O–H groups in total. The second-order valence-electron chi connectivity index (χ2n) is 6.19. The minimum atomic E-state index is -0.247. The monoisotopic (exact) mass is 300 g/mol. The Labute approximate surface area is 132 Å². The van der Waals surface area contributed by atoms with Crippen LogP contribution in [0, 0.1) is 5.92 Å². The van der Waals surface area contributed by atoms with Gasteiger partial charge in [-0.3, -0.25) is 9.78 Å². The summed E-state index contributed by atoms with van der Waals surface area (Å²) in [4.78, 5) is 19.1. The lowest BCUT2D eigenvalue weighted by Crippen LogP contribution is -2.41. The largest absolute Gasteiger partial charge is 0.368 e. The van der Waals surface area contributed by atoms with Crippen molar-refractivity contribution in [2.75, 3.05) is 13.2 Å². The minimum Gasteiger partial charge on any atom is -0.368 e. The Morgan fingerprint density at radius 2 is 2.27 bits per heavy atom. The zero-order valence-corrected chi connectivity index (χ0v) is 13.0. The number of allylic oxidation sites excluding steroid dienone is 2. The van der Waals surface area contributed by atoms with Crippen molar-refractivity contribution in [1.29, 1.82) is 0 Å². The lowest BCUT2D eigenvalue weighted by molar-refractivity contribution is -0.142. The summed E-state index contributed by atoms with van der Waals surface area (Å²) in [5.41, 5.74) is 0.945. The van der Waals surface area contributed by atoms with Gasteiger partial charge in [-0.05, 0) is 50.2 Å². The highest BCUT2D eigenvalue weighted by molar-refractivity contribution is 5.81. The van der Waals surface area contributed by atoms with E-state index in [2.05, 4.69) is 17.1 Å². The van der Waals surface area contributed by atoms with Crippen LogP contribution in [0.3, 0.4) is 0 Å². The second-order valence-corrected chi connectivity index (χ2v) is 6.19. The summed E-state index contributed by atoms with van der Waals surface area (Å²) in [6, 6.07) is 5.86. The molecule has 4 nitrogen and oxygen atoms in total. The third kappa shape index (κ3) is 3.95. The van der Waals surface area contributed by atoms with Crippen LogP contribution in [0.15, 0.2) is 36.5 Å². The molecule has 2 heterocycles. The summed E-state index contributed by atoms with van der Waals surface area (Å²) < 4.78 is 5.60. The topological polar surface area (TPSA) is 42.4 Å². The molecule has 0 spiro atoms. The van der Waals surface area contributed by atoms with Crippen molar-refractivity contribution in [2.45, 2.75) is 44.8 Å². The molecule has 0 unspecified atom stereocenters. The van der Waals surface area contributed by atoms with E-state index in [-0.39, 0.29) is 12.0 Å². The van der Waals surface area contributed by atoms with E-state index in [9.17, 15) is 4.79 Å². The Morgan fingerprint density at radius 1 is 1.32 bits per heavy atom. The fourth-order valence-electron chi connectivity index (χ4n) is 3.23. The number of carbonyl (C=O) groups excluding carboxylic acids is 1. The molecule has 0 bridgehead atoms. The molecule has 2 aliphatic rings. The Hall–Kier alpha value is -1.68. The molecule has 4 heteroatoms. The van der Waals surface area contributed by atoms with Crippen LogP contribution in [-0.2, 0) is 16.1 Å². The van der Waals surface area contributed by atoms with Gasteiger partial charge >= 0.3 is 0 Å². The van der Waals surface area contributed by atoms with Gasteiger partial charge in [-0.1, -0.05) is 18.2 Å². The molecular weight excluding hydrogens is 276 g/mol. The van der Waals surface area contributed by atoms with E-state index in [4.69, 9.17) is 4.74 Å². The summed E-state index contributed by atoms with van der Waals surface area (Å²) in [5.74, 6) is 0.691. The molecule has 0 radical (unpaired) electrons. The van der Waals surface area contributed by atoms with Gasteiger partial charge in [0.25, 0.3) is 5.91 Å². The average Bonchev–Trinajstić information content (AvgIpc) is 3.10. The summed E-state index contributed by atoms with van der Waals surface area (Å²) in [6.07, 6.45) is 11.2. The lowest BCUT2D eigenvalue weighted by Gasteiger charge is -2.30. The standard InChI is InChI=1S/C18H24N2O2/c21-18(17-10-6-12-22-17)20(13-15-7-2-1-3-8-15)14-16-9-4-5-11-19-16/h1-2,4-5,9,11,15,17H,3,6-8,10,12-14H2/t15-,17-/m1/s1. The van der Waals surface area contributed by atoms with E-state index < -0.39 is 0 Å². The fourth-order valence-corrected chi connectivity index (χ4v) is 3.23. The van der Waals surface area contributed by atoms with Crippen LogP contribution in [0.5, 0.6) is 0 Å². The van der Waals surface area contributed by atoms with Crippen LogP contribution in [0.25, 0.3) is 0 Å². The van der Waals surface area contributed by atoms with Gasteiger partial charge in [0.15, 0.2) is 0 Å². The normalized spacial score (nSPS) is 24.4. The van der Waals surface area contributed by atoms with Crippen molar-refractivity contribution < 1.29 is 9.53 Å². The van der Waals surface area contributed by atoms with Crippen LogP contribution in [0.2, 0.25) is 0 Å². The van der Waals surface area contributed by atoms with Crippen molar-refractivity contribution in [1.82, 2.24) is 9.88 Å². The lowest BCUT2D eigenvalue weighted by atomic mass is 9.93. The first kappa shape index (κ1) is 15.2. The molecule has 1 aliphatic heterocycles. The van der Waals surface area contributed by atoms with Gasteiger partial charge < -0.3 is 9.64 Å². The molecule has 1 aromatic rings. The molecule has 0 saturated carbocycles. The average molecular weight is 300 g/mol. The number of pyridine rings is 1. The number of hydrogen-bond donors (Lipinski definition) is 0. The maximum atomic E-state index is 12.8. The molecule has 3 rings (SSSR count). The van der Waals surface area contributed by atoms with Gasteiger partial charge in [-0.15, -0.1) is 0 Å². The highest BCUT2D eigenvalue weighted by atomic mass is 16.5. The van der Waals surface area contributed by atoms with E-state index in [1.807, 2.05) is 23.1 Å². The van der Waals surface area contributed by atoms with Crippen molar-refractivity contribution in [3.05, 3.63) is 42.2 Å². The SMILES string of the molecule is O=C([C@H]1CCCO1)N(Cc1ccccn1)C[C@@H]1CC=CCC1. The van der Waals surface area contributed by atoms with E-state index in [0.717, 1.165) is 44.3 Å². The van der Waals surface area contributed by atoms with Crippen LogP contribution >= 0.6 is 0 Å². The molecule has 22 heavy (non-hydrogen) atoms. The summed E-state index contributed by atoms with van der Waals surface area (Å²) in [6.45, 7) is 2.10. The fraction of sp³-hybridized carbons (Fsp3) is 0.556. The quantitative estimate of drug-likeness (QED) is 0.785. The Bertz CT molecular complexity index is 509. The van der Waals surface area contributed by atoms with Crippen LogP contribution < -0.4 is 0 Å². The van der Waals surface area contributed by atoms with Crippen molar-refractivity contribution in [2.24, 2.45) is 5.92 Å². The maximum absolute atomic E-state index is 12.8. The third-order valence-electron chi connectivity index (χ3n) is 4.45. The van der Waals surface area contributed by atoms with E-state index in [1.54, 1.807) is 6.20 Å². The second kappa shape index (κ2) is 7.54. The number of ether oxygens (including phenoxy) is 1. The minimum absolute atomic E-state index is 0.137. The number of hydrogen-bond acceptors (Lipinski definition) is 3.